The number of aromatic hydroxyl groups is 1. The molecule has 0 saturated heterocycles. The van der Waals surface area contributed by atoms with Crippen LogP contribution in [0.1, 0.15) is 5.56 Å². The molecular formula is C14H10F3N3O3S. The van der Waals surface area contributed by atoms with E-state index in [-0.39, 0.29) is 16.5 Å². The first-order valence-electron chi connectivity index (χ1n) is 6.40. The smallest absolute Gasteiger partial charge is 0.418 e. The van der Waals surface area contributed by atoms with Crippen LogP contribution in [-0.2, 0) is 6.18 Å². The summed E-state index contributed by atoms with van der Waals surface area (Å²) in [6, 6.07) is 8.14. The average Bonchev–Trinajstić information content (AvgIpc) is 2.48. The van der Waals surface area contributed by atoms with Gasteiger partial charge in [-0.2, -0.15) is 13.2 Å². The lowest BCUT2D eigenvalue weighted by atomic mass is 10.1. The highest BCUT2D eigenvalue weighted by atomic mass is 32.1. The normalized spacial score (nSPS) is 11.0. The monoisotopic (exact) mass is 357 g/mol. The molecule has 2 aromatic carbocycles. The van der Waals surface area contributed by atoms with Crippen LogP contribution in [0, 0.1) is 10.1 Å². The molecule has 0 spiro atoms. The summed E-state index contributed by atoms with van der Waals surface area (Å²) < 4.78 is 38.7. The van der Waals surface area contributed by atoms with Crippen molar-refractivity contribution in [1.29, 1.82) is 0 Å². The number of thiocarbonyl (C=S) groups is 1. The summed E-state index contributed by atoms with van der Waals surface area (Å²) >= 11 is 4.92. The van der Waals surface area contributed by atoms with E-state index >= 15 is 0 Å². The van der Waals surface area contributed by atoms with Gasteiger partial charge < -0.3 is 15.7 Å². The number of nitro benzene ring substituents is 1. The van der Waals surface area contributed by atoms with Crippen LogP contribution in [0.3, 0.4) is 0 Å². The van der Waals surface area contributed by atoms with E-state index in [2.05, 4.69) is 10.6 Å². The van der Waals surface area contributed by atoms with Crippen LogP contribution in [0.4, 0.5) is 30.2 Å². The molecule has 0 saturated carbocycles. The number of alkyl halides is 3. The van der Waals surface area contributed by atoms with Gasteiger partial charge in [0.15, 0.2) is 10.9 Å². The van der Waals surface area contributed by atoms with Crippen molar-refractivity contribution in [2.24, 2.45) is 0 Å². The molecule has 0 heterocycles. The van der Waals surface area contributed by atoms with E-state index in [4.69, 9.17) is 12.2 Å². The molecule has 0 aliphatic carbocycles. The number of hydrogen-bond acceptors (Lipinski definition) is 4. The van der Waals surface area contributed by atoms with Gasteiger partial charge in [-0.15, -0.1) is 0 Å². The molecule has 0 radical (unpaired) electrons. The van der Waals surface area contributed by atoms with Crippen molar-refractivity contribution in [2.45, 2.75) is 6.18 Å². The molecule has 2 aromatic rings. The van der Waals surface area contributed by atoms with Crippen LogP contribution in [-0.4, -0.2) is 15.1 Å². The second kappa shape index (κ2) is 6.71. The van der Waals surface area contributed by atoms with Gasteiger partial charge >= 0.3 is 11.9 Å². The molecule has 6 nitrogen and oxygen atoms in total. The summed E-state index contributed by atoms with van der Waals surface area (Å²) in [4.78, 5) is 9.95. The van der Waals surface area contributed by atoms with E-state index in [1.54, 1.807) is 0 Å². The molecule has 126 valence electrons. The number of anilines is 2. The highest BCUT2D eigenvalue weighted by Crippen LogP contribution is 2.34. The van der Waals surface area contributed by atoms with E-state index in [9.17, 15) is 28.4 Å². The quantitative estimate of drug-likeness (QED) is 0.331. The maximum Gasteiger partial charge on any atom is 0.418 e. The summed E-state index contributed by atoms with van der Waals surface area (Å²) in [7, 11) is 0. The van der Waals surface area contributed by atoms with E-state index in [1.165, 1.54) is 24.3 Å². The Morgan fingerprint density at radius 3 is 2.46 bits per heavy atom. The van der Waals surface area contributed by atoms with E-state index < -0.39 is 28.1 Å². The van der Waals surface area contributed by atoms with Gasteiger partial charge in [-0.05, 0) is 36.5 Å². The Balaban J connectivity index is 2.18. The number of halogens is 3. The molecule has 0 unspecified atom stereocenters. The Kier molecular flexibility index (Phi) is 4.88. The third kappa shape index (κ3) is 4.10. The first-order valence-corrected chi connectivity index (χ1v) is 6.81. The number of nitrogens with one attached hydrogen (secondary N) is 2. The zero-order valence-corrected chi connectivity index (χ0v) is 12.6. The first-order chi connectivity index (χ1) is 11.2. The van der Waals surface area contributed by atoms with Crippen LogP contribution < -0.4 is 10.6 Å². The molecule has 0 atom stereocenters. The van der Waals surface area contributed by atoms with Gasteiger partial charge in [-0.3, -0.25) is 10.1 Å². The summed E-state index contributed by atoms with van der Waals surface area (Å²) in [5.41, 5.74) is -1.57. The Labute approximate surface area is 139 Å². The predicted octanol–water partition coefficient (Wildman–Crippen LogP) is 4.13. The number of hydrogen-bond donors (Lipinski definition) is 3. The molecule has 0 aromatic heterocycles. The van der Waals surface area contributed by atoms with Gasteiger partial charge in [0.1, 0.15) is 0 Å². The summed E-state index contributed by atoms with van der Waals surface area (Å²) in [6.45, 7) is 0. The average molecular weight is 357 g/mol. The van der Waals surface area contributed by atoms with Gasteiger partial charge in [0.05, 0.1) is 16.2 Å². The molecular weight excluding hydrogens is 347 g/mol. The van der Waals surface area contributed by atoms with E-state index in [0.29, 0.717) is 0 Å². The lowest BCUT2D eigenvalue weighted by Crippen LogP contribution is -2.21. The highest BCUT2D eigenvalue weighted by Gasteiger charge is 2.33. The zero-order valence-electron chi connectivity index (χ0n) is 11.8. The molecule has 0 aliphatic rings. The van der Waals surface area contributed by atoms with Crippen molar-refractivity contribution in [3.05, 3.63) is 58.1 Å². The Bertz CT molecular complexity index is 796. The molecule has 24 heavy (non-hydrogen) atoms. The fourth-order valence-corrected chi connectivity index (χ4v) is 2.10. The molecule has 0 bridgehead atoms. The Morgan fingerprint density at radius 2 is 1.83 bits per heavy atom. The lowest BCUT2D eigenvalue weighted by molar-refractivity contribution is -0.385. The fourth-order valence-electron chi connectivity index (χ4n) is 1.87. The second-order valence-corrected chi connectivity index (χ2v) is 4.99. The molecule has 2 rings (SSSR count). The van der Waals surface area contributed by atoms with Crippen molar-refractivity contribution >= 4 is 34.4 Å². The number of phenols is 1. The van der Waals surface area contributed by atoms with Gasteiger partial charge in [-0.25, -0.2) is 0 Å². The lowest BCUT2D eigenvalue weighted by Gasteiger charge is -2.15. The van der Waals surface area contributed by atoms with Crippen molar-refractivity contribution in [3.63, 3.8) is 0 Å². The summed E-state index contributed by atoms with van der Waals surface area (Å²) in [5, 5.41) is 24.8. The van der Waals surface area contributed by atoms with Crippen LogP contribution in [0.25, 0.3) is 0 Å². The van der Waals surface area contributed by atoms with Crippen molar-refractivity contribution in [1.82, 2.24) is 0 Å². The zero-order chi connectivity index (χ0) is 17.9. The van der Waals surface area contributed by atoms with Gasteiger partial charge in [-0.1, -0.05) is 12.1 Å². The summed E-state index contributed by atoms with van der Waals surface area (Å²) in [5.74, 6) is -0.535. The minimum Gasteiger partial charge on any atom is -0.502 e. The number of nitrogens with zero attached hydrogens (tertiary/aromatic N) is 1. The van der Waals surface area contributed by atoms with Crippen molar-refractivity contribution in [2.75, 3.05) is 10.6 Å². The summed E-state index contributed by atoms with van der Waals surface area (Å²) in [6.07, 6.45) is -4.56. The second-order valence-electron chi connectivity index (χ2n) is 4.58. The van der Waals surface area contributed by atoms with Crippen LogP contribution in [0.5, 0.6) is 5.75 Å². The van der Waals surface area contributed by atoms with E-state index in [0.717, 1.165) is 18.2 Å². The standard InChI is InChI=1S/C14H10F3N3O3S/c15-14(16,17)9-3-1-2-4-10(9)19-13(24)18-8-5-6-12(21)11(7-8)20(22)23/h1-7,21H,(H2,18,19,24). The molecule has 10 heteroatoms. The van der Waals surface area contributed by atoms with Crippen LogP contribution in [0.2, 0.25) is 0 Å². The van der Waals surface area contributed by atoms with Gasteiger partial charge in [0, 0.05) is 11.8 Å². The molecule has 3 N–H and O–H groups in total. The Morgan fingerprint density at radius 1 is 1.17 bits per heavy atom. The number of nitro groups is 1. The maximum atomic E-state index is 12.9. The predicted molar refractivity (Wildman–Crippen MR) is 86.0 cm³/mol. The maximum absolute atomic E-state index is 12.9. The van der Waals surface area contributed by atoms with Crippen molar-refractivity contribution < 1.29 is 23.2 Å². The molecule has 0 amide bonds. The molecule has 0 fully saturated rings. The number of para-hydroxylation sites is 1. The largest absolute Gasteiger partial charge is 0.502 e. The SMILES string of the molecule is O=[N+]([O-])c1cc(NC(=S)Nc2ccccc2C(F)(F)F)ccc1O. The van der Waals surface area contributed by atoms with Gasteiger partial charge in [0.25, 0.3) is 0 Å². The fraction of sp³-hybridized carbons (Fsp3) is 0.0714. The van der Waals surface area contributed by atoms with E-state index in [1.807, 2.05) is 0 Å². The van der Waals surface area contributed by atoms with Crippen LogP contribution >= 0.6 is 12.2 Å². The number of benzene rings is 2. The Hall–Kier alpha value is -2.88. The topological polar surface area (TPSA) is 87.4 Å². The number of rotatable bonds is 3. The van der Waals surface area contributed by atoms with Crippen molar-refractivity contribution in [3.8, 4) is 5.75 Å². The third-order valence-corrected chi connectivity index (χ3v) is 3.11. The minimum atomic E-state index is -4.56. The third-order valence-electron chi connectivity index (χ3n) is 2.91. The highest BCUT2D eigenvalue weighted by molar-refractivity contribution is 7.80. The number of phenolic OH excluding ortho intramolecular Hbond substituents is 1. The molecule has 0 aliphatic heterocycles. The van der Waals surface area contributed by atoms with Crippen LogP contribution in [0.15, 0.2) is 42.5 Å². The minimum absolute atomic E-state index is 0.140. The first kappa shape index (κ1) is 17.5. The van der Waals surface area contributed by atoms with Gasteiger partial charge in [0.2, 0.25) is 0 Å².